The molecule has 0 saturated carbocycles. The lowest BCUT2D eigenvalue weighted by molar-refractivity contribution is -0.139. The van der Waals surface area contributed by atoms with Gasteiger partial charge in [-0.05, 0) is 86.5 Å². The van der Waals surface area contributed by atoms with Crippen LogP contribution in [-0.4, -0.2) is 58.0 Å². The smallest absolute Gasteiger partial charge is 0.264 e. The Morgan fingerprint density at radius 2 is 1.66 bits per heavy atom. The van der Waals surface area contributed by atoms with E-state index in [0.717, 1.165) is 20.8 Å². The Hall–Kier alpha value is -3.57. The fraction of sp³-hybridized carbons (Fsp3) is 0.333. The van der Waals surface area contributed by atoms with Crippen molar-refractivity contribution in [2.24, 2.45) is 0 Å². The fourth-order valence-corrected chi connectivity index (χ4v) is 5.76. The van der Waals surface area contributed by atoms with E-state index in [0.29, 0.717) is 24.7 Å². The van der Waals surface area contributed by atoms with Crippen molar-refractivity contribution < 1.29 is 27.5 Å². The van der Waals surface area contributed by atoms with Crippen molar-refractivity contribution in [1.29, 1.82) is 0 Å². The van der Waals surface area contributed by atoms with E-state index in [9.17, 15) is 18.0 Å². The van der Waals surface area contributed by atoms with Gasteiger partial charge in [0.2, 0.25) is 11.8 Å². The average molecular weight is 647 g/mol. The lowest BCUT2D eigenvalue weighted by Gasteiger charge is -2.32. The summed E-state index contributed by atoms with van der Waals surface area (Å²) in [5.74, 6) is 0.310. The molecule has 3 aromatic carbocycles. The molecule has 0 aliphatic heterocycles. The first-order valence-corrected chi connectivity index (χ1v) is 15.5. The second kappa shape index (κ2) is 14.9. The second-order valence-electron chi connectivity index (χ2n) is 9.23. The highest BCUT2D eigenvalue weighted by atomic mass is 79.9. The quantitative estimate of drug-likeness (QED) is 0.265. The van der Waals surface area contributed by atoms with E-state index in [-0.39, 0.29) is 23.0 Å². The summed E-state index contributed by atoms with van der Waals surface area (Å²) in [6.07, 6.45) is 0.735. The first-order valence-electron chi connectivity index (χ1n) is 13.3. The van der Waals surface area contributed by atoms with Gasteiger partial charge < -0.3 is 19.7 Å². The van der Waals surface area contributed by atoms with Crippen molar-refractivity contribution in [1.82, 2.24) is 10.2 Å². The number of halogens is 1. The van der Waals surface area contributed by atoms with E-state index in [4.69, 9.17) is 9.47 Å². The summed E-state index contributed by atoms with van der Waals surface area (Å²) < 4.78 is 40.4. The van der Waals surface area contributed by atoms with E-state index in [1.54, 1.807) is 68.6 Å². The van der Waals surface area contributed by atoms with Gasteiger partial charge in [0.1, 0.15) is 24.1 Å². The number of anilines is 1. The molecule has 3 aromatic rings. The van der Waals surface area contributed by atoms with Crippen LogP contribution in [0.5, 0.6) is 11.5 Å². The number of carbonyl (C=O) groups is 2. The molecule has 1 N–H and O–H groups in total. The Kier molecular flexibility index (Phi) is 11.6. The van der Waals surface area contributed by atoms with Crippen molar-refractivity contribution in [2.45, 2.75) is 44.7 Å². The van der Waals surface area contributed by atoms with Gasteiger partial charge in [-0.2, -0.15) is 0 Å². The molecule has 1 atom stereocenters. The molecule has 0 radical (unpaired) electrons. The summed E-state index contributed by atoms with van der Waals surface area (Å²) >= 11 is 3.34. The number of carbonyl (C=O) groups excluding carboxylic acids is 2. The Bertz CT molecular complexity index is 1410. The Labute approximate surface area is 250 Å². The number of sulfonamides is 1. The molecule has 9 nitrogen and oxygen atoms in total. The van der Waals surface area contributed by atoms with Crippen LogP contribution in [0.25, 0.3) is 0 Å². The van der Waals surface area contributed by atoms with Crippen molar-refractivity contribution in [3.05, 3.63) is 82.8 Å². The largest absolute Gasteiger partial charge is 0.497 e. The zero-order valence-corrected chi connectivity index (χ0v) is 26.1. The second-order valence-corrected chi connectivity index (χ2v) is 12.0. The number of nitrogens with one attached hydrogen (secondary N) is 1. The van der Waals surface area contributed by atoms with Gasteiger partial charge >= 0.3 is 0 Å². The molecule has 220 valence electrons. The van der Waals surface area contributed by atoms with Crippen LogP contribution in [0.4, 0.5) is 5.69 Å². The molecular formula is C30H36BrN3O6S. The first-order chi connectivity index (χ1) is 19.6. The van der Waals surface area contributed by atoms with E-state index in [1.807, 2.05) is 19.9 Å². The highest BCUT2D eigenvalue weighted by Gasteiger charge is 2.32. The highest BCUT2D eigenvalue weighted by molar-refractivity contribution is 9.10. The molecule has 0 unspecified atom stereocenters. The number of nitrogens with zero attached hydrogens (tertiary/aromatic N) is 2. The molecule has 0 bridgehead atoms. The molecule has 0 aromatic heterocycles. The van der Waals surface area contributed by atoms with Crippen LogP contribution in [0.2, 0.25) is 0 Å². The SMILES string of the molecule is CCCNC(=O)[C@@H](C)N(Cc1cccc(OC)c1)C(=O)CN(c1ccc(OCC)cc1)S(=O)(=O)c1ccc(Br)cc1. The van der Waals surface area contributed by atoms with Gasteiger partial charge in [-0.15, -0.1) is 0 Å². The summed E-state index contributed by atoms with van der Waals surface area (Å²) in [5.41, 5.74) is 1.02. The van der Waals surface area contributed by atoms with Crippen molar-refractivity contribution >= 4 is 43.5 Å². The Morgan fingerprint density at radius 3 is 2.27 bits per heavy atom. The molecular weight excluding hydrogens is 610 g/mol. The van der Waals surface area contributed by atoms with Crippen LogP contribution in [0.15, 0.2) is 82.2 Å². The monoisotopic (exact) mass is 645 g/mol. The van der Waals surface area contributed by atoms with Gasteiger partial charge in [0.25, 0.3) is 10.0 Å². The molecule has 0 heterocycles. The normalized spacial score (nSPS) is 11.8. The minimum Gasteiger partial charge on any atom is -0.497 e. The van der Waals surface area contributed by atoms with E-state index >= 15 is 0 Å². The van der Waals surface area contributed by atoms with Crippen LogP contribution < -0.4 is 19.1 Å². The number of ether oxygens (including phenoxy) is 2. The number of hydrogen-bond acceptors (Lipinski definition) is 6. The zero-order chi connectivity index (χ0) is 30.0. The third-order valence-electron chi connectivity index (χ3n) is 6.32. The van der Waals surface area contributed by atoms with Crippen LogP contribution in [0, 0.1) is 0 Å². The van der Waals surface area contributed by atoms with Crippen LogP contribution in [-0.2, 0) is 26.2 Å². The van der Waals surface area contributed by atoms with Crippen LogP contribution in [0.3, 0.4) is 0 Å². The first kappa shape index (κ1) is 32.0. The number of amides is 2. The summed E-state index contributed by atoms with van der Waals surface area (Å²) in [5, 5.41) is 2.83. The molecule has 0 spiro atoms. The number of methoxy groups -OCH3 is 1. The molecule has 2 amide bonds. The zero-order valence-electron chi connectivity index (χ0n) is 23.7. The molecule has 11 heteroatoms. The summed E-state index contributed by atoms with van der Waals surface area (Å²) in [4.78, 5) is 28.4. The van der Waals surface area contributed by atoms with Gasteiger partial charge in [-0.1, -0.05) is 35.0 Å². The molecule has 3 rings (SSSR count). The standard InChI is InChI=1S/C30H36BrN3O6S/c1-5-18-32-30(36)22(3)33(20-23-8-7-9-27(19-23)39-4)29(35)21-34(25-12-14-26(15-13-25)40-6-2)41(37,38)28-16-10-24(31)11-17-28/h7-17,19,22H,5-6,18,20-21H2,1-4H3,(H,32,36)/t22-/m1/s1. The lowest BCUT2D eigenvalue weighted by Crippen LogP contribution is -2.51. The predicted octanol–water partition coefficient (Wildman–Crippen LogP) is 5.00. The molecule has 0 aliphatic rings. The van der Waals surface area contributed by atoms with Gasteiger partial charge in [0.15, 0.2) is 0 Å². The minimum atomic E-state index is -4.16. The highest BCUT2D eigenvalue weighted by Crippen LogP contribution is 2.27. The summed E-state index contributed by atoms with van der Waals surface area (Å²) in [6.45, 7) is 5.88. The maximum atomic E-state index is 14.0. The molecule has 0 fully saturated rings. The van der Waals surface area contributed by atoms with Gasteiger partial charge in [0, 0.05) is 17.6 Å². The van der Waals surface area contributed by atoms with Crippen LogP contribution in [0.1, 0.15) is 32.8 Å². The fourth-order valence-electron chi connectivity index (χ4n) is 4.08. The van der Waals surface area contributed by atoms with Gasteiger partial charge in [-0.25, -0.2) is 8.42 Å². The van der Waals surface area contributed by atoms with Crippen molar-refractivity contribution in [2.75, 3.05) is 31.1 Å². The van der Waals surface area contributed by atoms with E-state index in [1.165, 1.54) is 17.0 Å². The predicted molar refractivity (Wildman–Crippen MR) is 163 cm³/mol. The molecule has 41 heavy (non-hydrogen) atoms. The maximum Gasteiger partial charge on any atom is 0.264 e. The maximum absolute atomic E-state index is 14.0. The topological polar surface area (TPSA) is 105 Å². The number of hydrogen-bond donors (Lipinski definition) is 1. The van der Waals surface area contributed by atoms with Crippen molar-refractivity contribution in [3.8, 4) is 11.5 Å². The Morgan fingerprint density at radius 1 is 0.976 bits per heavy atom. The third-order valence-corrected chi connectivity index (χ3v) is 8.64. The minimum absolute atomic E-state index is 0.0236. The van der Waals surface area contributed by atoms with Gasteiger partial charge in [0.05, 0.1) is 24.3 Å². The average Bonchev–Trinajstić information content (AvgIpc) is 2.97. The Balaban J connectivity index is 2.03. The van der Waals surface area contributed by atoms with E-state index in [2.05, 4.69) is 21.2 Å². The van der Waals surface area contributed by atoms with Crippen LogP contribution >= 0.6 is 15.9 Å². The lowest BCUT2D eigenvalue weighted by atomic mass is 10.1. The number of benzene rings is 3. The third kappa shape index (κ3) is 8.46. The number of rotatable bonds is 14. The molecule has 0 saturated heterocycles. The summed E-state index contributed by atoms with van der Waals surface area (Å²) in [6, 6.07) is 19.0. The summed E-state index contributed by atoms with van der Waals surface area (Å²) in [7, 11) is -2.62. The van der Waals surface area contributed by atoms with Crippen molar-refractivity contribution in [3.63, 3.8) is 0 Å². The molecule has 0 aliphatic carbocycles. The van der Waals surface area contributed by atoms with Gasteiger partial charge in [-0.3, -0.25) is 13.9 Å². The van der Waals surface area contributed by atoms with E-state index < -0.39 is 28.5 Å².